The van der Waals surface area contributed by atoms with Gasteiger partial charge in [0.15, 0.2) is 11.6 Å². The Kier molecular flexibility index (Phi) is 4.85. The van der Waals surface area contributed by atoms with Crippen LogP contribution in [0.4, 0.5) is 20.5 Å². The van der Waals surface area contributed by atoms with Crippen LogP contribution in [0.2, 0.25) is 0 Å². The lowest BCUT2D eigenvalue weighted by Gasteiger charge is -2.34. The zero-order chi connectivity index (χ0) is 21.6. The zero-order valence-electron chi connectivity index (χ0n) is 16.6. The van der Waals surface area contributed by atoms with E-state index in [1.807, 2.05) is 12.1 Å². The fourth-order valence-corrected chi connectivity index (χ4v) is 3.57. The molecule has 1 aliphatic carbocycles. The van der Waals surface area contributed by atoms with Crippen LogP contribution in [0.3, 0.4) is 0 Å². The fourth-order valence-electron chi connectivity index (χ4n) is 3.57. The number of hydrogen-bond acceptors (Lipinski definition) is 6. The first kappa shape index (κ1) is 20.1. The van der Waals surface area contributed by atoms with Crippen LogP contribution in [0, 0.1) is 17.6 Å². The van der Waals surface area contributed by atoms with Crippen molar-refractivity contribution in [3.63, 3.8) is 0 Å². The summed E-state index contributed by atoms with van der Waals surface area (Å²) in [5, 5.41) is 10.2. The van der Waals surface area contributed by atoms with Gasteiger partial charge in [-0.15, -0.1) is 0 Å². The molecule has 5 N–H and O–H groups in total. The number of pyridine rings is 1. The first-order valence-corrected chi connectivity index (χ1v) is 9.57. The lowest BCUT2D eigenvalue weighted by Crippen LogP contribution is -2.34. The number of fused-ring (bicyclic) bond motifs is 1. The van der Waals surface area contributed by atoms with Crippen LogP contribution in [0.15, 0.2) is 35.5 Å². The maximum absolute atomic E-state index is 14.0. The monoisotopic (exact) mass is 412 g/mol. The summed E-state index contributed by atoms with van der Waals surface area (Å²) in [5.41, 5.74) is 12.4. The minimum Gasteiger partial charge on any atom is -0.387 e. The third kappa shape index (κ3) is 3.80. The summed E-state index contributed by atoms with van der Waals surface area (Å²) in [6.45, 7) is 3.42. The molecule has 0 aliphatic heterocycles. The molecule has 0 atom stereocenters. The van der Waals surface area contributed by atoms with E-state index in [4.69, 9.17) is 11.5 Å². The number of rotatable bonds is 4. The van der Waals surface area contributed by atoms with Gasteiger partial charge in [0.1, 0.15) is 17.2 Å². The van der Waals surface area contributed by atoms with Crippen molar-refractivity contribution in [1.82, 2.24) is 15.0 Å². The summed E-state index contributed by atoms with van der Waals surface area (Å²) in [7, 11) is 0. The molecule has 2 heterocycles. The predicted molar refractivity (Wildman–Crippen MR) is 110 cm³/mol. The number of benzene rings is 1. The van der Waals surface area contributed by atoms with Crippen molar-refractivity contribution in [2.75, 3.05) is 5.73 Å². The number of nitrogens with two attached hydrogens (primary N) is 2. The van der Waals surface area contributed by atoms with Gasteiger partial charge < -0.3 is 16.6 Å². The van der Waals surface area contributed by atoms with Gasteiger partial charge in [0.25, 0.3) is 0 Å². The molecule has 9 heteroatoms. The Morgan fingerprint density at radius 2 is 1.93 bits per heavy atom. The van der Waals surface area contributed by atoms with Crippen LogP contribution in [-0.4, -0.2) is 25.9 Å². The van der Waals surface area contributed by atoms with Gasteiger partial charge in [-0.25, -0.2) is 18.8 Å². The molecule has 1 fully saturated rings. The summed E-state index contributed by atoms with van der Waals surface area (Å²) in [6.07, 6.45) is 3.16. The molecule has 156 valence electrons. The number of halogens is 2. The van der Waals surface area contributed by atoms with Gasteiger partial charge in [-0.3, -0.25) is 4.98 Å². The van der Waals surface area contributed by atoms with Crippen molar-refractivity contribution >= 4 is 28.5 Å². The molecular formula is C21H22F2N6O. The Balaban J connectivity index is 1.54. The second-order valence-corrected chi connectivity index (χ2v) is 8.12. The zero-order valence-corrected chi connectivity index (χ0v) is 16.6. The van der Waals surface area contributed by atoms with Gasteiger partial charge in [-0.2, -0.15) is 4.98 Å². The van der Waals surface area contributed by atoms with E-state index in [1.54, 1.807) is 20.0 Å². The van der Waals surface area contributed by atoms with Crippen molar-refractivity contribution in [2.24, 2.45) is 16.6 Å². The fraction of sp³-hybridized carbons (Fsp3) is 0.333. The first-order chi connectivity index (χ1) is 14.1. The molecule has 7 nitrogen and oxygen atoms in total. The SMILES string of the molecule is CC(C)(O)c1ccc(C2CC(C(N)=Nc3nc(N)nc4c(F)cc(F)cc34)C2)nc1. The number of amidine groups is 1. The third-order valence-corrected chi connectivity index (χ3v) is 5.42. The third-order valence-electron chi connectivity index (χ3n) is 5.42. The minimum atomic E-state index is -0.939. The van der Waals surface area contributed by atoms with Gasteiger partial charge in [0.05, 0.1) is 11.0 Å². The number of aliphatic hydroxyl groups is 1. The topological polar surface area (TPSA) is 123 Å². The normalized spacial score (nSPS) is 19.7. The van der Waals surface area contributed by atoms with Crippen LogP contribution < -0.4 is 11.5 Å². The second kappa shape index (κ2) is 7.24. The number of hydrogen-bond donors (Lipinski definition) is 3. The molecule has 1 aliphatic rings. The summed E-state index contributed by atoms with van der Waals surface area (Å²) in [4.78, 5) is 16.6. The van der Waals surface area contributed by atoms with E-state index in [2.05, 4.69) is 19.9 Å². The van der Waals surface area contributed by atoms with Gasteiger partial charge in [0, 0.05) is 35.4 Å². The second-order valence-electron chi connectivity index (χ2n) is 8.12. The Bertz CT molecular complexity index is 1130. The standard InChI is InChI=1S/C21H22F2N6O/c1-21(2,30)12-3-4-16(26-9-12)10-5-11(6-10)18(24)28-19-14-7-13(22)8-15(23)17(14)27-20(25)29-19/h3-4,7-11,30H,5-6H2,1-2H3,(H4,24,25,27,28,29). The molecule has 0 spiro atoms. The van der Waals surface area contributed by atoms with Crippen LogP contribution >= 0.6 is 0 Å². The van der Waals surface area contributed by atoms with E-state index in [0.29, 0.717) is 5.84 Å². The molecular weight excluding hydrogens is 390 g/mol. The lowest BCUT2D eigenvalue weighted by atomic mass is 9.72. The smallest absolute Gasteiger partial charge is 0.222 e. The average molecular weight is 412 g/mol. The van der Waals surface area contributed by atoms with Crippen LogP contribution in [0.1, 0.15) is 43.9 Å². The number of aromatic nitrogens is 3. The maximum atomic E-state index is 14.0. The van der Waals surface area contributed by atoms with Crippen LogP contribution in [0.5, 0.6) is 0 Å². The van der Waals surface area contributed by atoms with Crippen molar-refractivity contribution in [2.45, 2.75) is 38.2 Å². The Hall–Kier alpha value is -3.20. The van der Waals surface area contributed by atoms with Gasteiger partial charge in [-0.1, -0.05) is 6.07 Å². The predicted octanol–water partition coefficient (Wildman–Crippen LogP) is 3.30. The van der Waals surface area contributed by atoms with Gasteiger partial charge >= 0.3 is 0 Å². The molecule has 2 aromatic heterocycles. The van der Waals surface area contributed by atoms with Gasteiger partial charge in [0.2, 0.25) is 5.95 Å². The van der Waals surface area contributed by atoms with Gasteiger partial charge in [-0.05, 0) is 38.8 Å². The van der Waals surface area contributed by atoms with E-state index in [1.165, 1.54) is 0 Å². The van der Waals surface area contributed by atoms with E-state index in [-0.39, 0.29) is 34.5 Å². The van der Waals surface area contributed by atoms with E-state index >= 15 is 0 Å². The summed E-state index contributed by atoms with van der Waals surface area (Å²) in [5.74, 6) is -1.17. The molecule has 1 aromatic carbocycles. The van der Waals surface area contributed by atoms with Crippen molar-refractivity contribution in [3.05, 3.63) is 53.4 Å². The highest BCUT2D eigenvalue weighted by molar-refractivity contribution is 5.94. The molecule has 0 radical (unpaired) electrons. The molecule has 1 saturated carbocycles. The Morgan fingerprint density at radius 3 is 2.57 bits per heavy atom. The number of anilines is 1. The highest BCUT2D eigenvalue weighted by Crippen LogP contribution is 2.41. The lowest BCUT2D eigenvalue weighted by molar-refractivity contribution is 0.0781. The van der Waals surface area contributed by atoms with E-state index < -0.39 is 17.2 Å². The van der Waals surface area contributed by atoms with Crippen molar-refractivity contribution in [1.29, 1.82) is 0 Å². The maximum Gasteiger partial charge on any atom is 0.222 e. The summed E-state index contributed by atoms with van der Waals surface area (Å²) < 4.78 is 27.7. The highest BCUT2D eigenvalue weighted by atomic mass is 19.1. The quantitative estimate of drug-likeness (QED) is 0.446. The number of nitrogens with zero attached hydrogens (tertiary/aromatic N) is 4. The first-order valence-electron chi connectivity index (χ1n) is 9.57. The molecule has 0 unspecified atom stereocenters. The molecule has 0 saturated heterocycles. The molecule has 4 rings (SSSR count). The molecule has 30 heavy (non-hydrogen) atoms. The van der Waals surface area contributed by atoms with E-state index in [9.17, 15) is 13.9 Å². The highest BCUT2D eigenvalue weighted by Gasteiger charge is 2.34. The number of aliphatic imine (C=N–C) groups is 1. The summed E-state index contributed by atoms with van der Waals surface area (Å²) >= 11 is 0. The number of nitrogen functional groups attached to an aromatic ring is 1. The van der Waals surface area contributed by atoms with Crippen LogP contribution in [-0.2, 0) is 5.60 Å². The van der Waals surface area contributed by atoms with Crippen molar-refractivity contribution in [3.8, 4) is 0 Å². The molecule has 3 aromatic rings. The van der Waals surface area contributed by atoms with Crippen LogP contribution in [0.25, 0.3) is 10.9 Å². The largest absolute Gasteiger partial charge is 0.387 e. The summed E-state index contributed by atoms with van der Waals surface area (Å²) in [6, 6.07) is 5.62. The van der Waals surface area contributed by atoms with Crippen molar-refractivity contribution < 1.29 is 13.9 Å². The molecule has 0 amide bonds. The average Bonchev–Trinajstić information content (AvgIpc) is 2.61. The Labute approximate surface area is 171 Å². The molecule has 0 bridgehead atoms. The van der Waals surface area contributed by atoms with E-state index in [0.717, 1.165) is 36.2 Å². The minimum absolute atomic E-state index is 0.00425. The Morgan fingerprint density at radius 1 is 1.20 bits per heavy atom.